The summed E-state index contributed by atoms with van der Waals surface area (Å²) < 4.78 is 5.98. The van der Waals surface area contributed by atoms with E-state index >= 15 is 0 Å². The van der Waals surface area contributed by atoms with Gasteiger partial charge >= 0.3 is 0 Å². The van der Waals surface area contributed by atoms with E-state index in [0.717, 1.165) is 36.7 Å². The van der Waals surface area contributed by atoms with Crippen molar-refractivity contribution in [3.8, 4) is 5.75 Å². The Balaban J connectivity index is 1.74. The highest BCUT2D eigenvalue weighted by Crippen LogP contribution is 2.12. The molecule has 5 nitrogen and oxygen atoms in total. The lowest BCUT2D eigenvalue weighted by atomic mass is 10.2. The van der Waals surface area contributed by atoms with Crippen LogP contribution in [0.25, 0.3) is 0 Å². The van der Waals surface area contributed by atoms with Crippen LogP contribution in [0.2, 0.25) is 5.15 Å². The average Bonchev–Trinajstić information content (AvgIpc) is 2.65. The fraction of sp³-hybridized carbons (Fsp3) is 0.368. The normalized spacial score (nSPS) is 12.5. The first-order valence-electron chi connectivity index (χ1n) is 8.48. The number of pyridine rings is 1. The number of rotatable bonds is 8. The molecule has 2 N–H and O–H groups in total. The van der Waals surface area contributed by atoms with E-state index in [1.165, 1.54) is 0 Å². The minimum atomic E-state index is 0.0846. The molecule has 6 heteroatoms. The number of ether oxygens (including phenoxy) is 1. The Morgan fingerprint density at radius 2 is 2.00 bits per heavy atom. The van der Waals surface area contributed by atoms with Crippen molar-refractivity contribution in [3.05, 3.63) is 59.4 Å². The number of para-hydroxylation sites is 1. The molecular formula is C19H25ClN4O. The van der Waals surface area contributed by atoms with Crippen molar-refractivity contribution in [1.29, 1.82) is 0 Å². The fourth-order valence-corrected chi connectivity index (χ4v) is 2.38. The van der Waals surface area contributed by atoms with Gasteiger partial charge in [-0.1, -0.05) is 42.8 Å². The summed E-state index contributed by atoms with van der Waals surface area (Å²) in [6.07, 6.45) is 3.64. The van der Waals surface area contributed by atoms with Crippen molar-refractivity contribution in [1.82, 2.24) is 15.6 Å². The minimum absolute atomic E-state index is 0.0846. The molecule has 0 saturated heterocycles. The van der Waals surface area contributed by atoms with Crippen LogP contribution in [-0.2, 0) is 6.42 Å². The van der Waals surface area contributed by atoms with Crippen molar-refractivity contribution < 1.29 is 4.74 Å². The highest BCUT2D eigenvalue weighted by atomic mass is 35.5. The summed E-state index contributed by atoms with van der Waals surface area (Å²) in [5.74, 6) is 1.64. The molecule has 0 spiro atoms. The van der Waals surface area contributed by atoms with Crippen LogP contribution in [0.4, 0.5) is 0 Å². The lowest BCUT2D eigenvalue weighted by Gasteiger charge is -2.20. The second-order valence-electron chi connectivity index (χ2n) is 5.58. The Hall–Kier alpha value is -2.27. The van der Waals surface area contributed by atoms with Gasteiger partial charge < -0.3 is 15.4 Å². The zero-order valence-electron chi connectivity index (χ0n) is 14.7. The molecule has 0 aliphatic carbocycles. The van der Waals surface area contributed by atoms with E-state index in [9.17, 15) is 0 Å². The highest BCUT2D eigenvalue weighted by Gasteiger charge is 2.09. The summed E-state index contributed by atoms with van der Waals surface area (Å²) >= 11 is 5.79. The van der Waals surface area contributed by atoms with Gasteiger partial charge in [0.1, 0.15) is 17.0 Å². The highest BCUT2D eigenvalue weighted by molar-refractivity contribution is 6.29. The molecule has 25 heavy (non-hydrogen) atoms. The van der Waals surface area contributed by atoms with Gasteiger partial charge in [-0.05, 0) is 36.6 Å². The SMILES string of the molecule is CCC(CNC(=NC)NCCc1ccc(Cl)nc1)Oc1ccccc1. The molecule has 134 valence electrons. The van der Waals surface area contributed by atoms with Gasteiger partial charge in [0.15, 0.2) is 5.96 Å². The molecule has 1 heterocycles. The number of hydrogen-bond acceptors (Lipinski definition) is 3. The molecule has 1 aromatic carbocycles. The lowest BCUT2D eigenvalue weighted by molar-refractivity contribution is 0.199. The number of halogens is 1. The van der Waals surface area contributed by atoms with Crippen molar-refractivity contribution in [2.24, 2.45) is 4.99 Å². The van der Waals surface area contributed by atoms with Crippen molar-refractivity contribution >= 4 is 17.6 Å². The predicted molar refractivity (Wildman–Crippen MR) is 103 cm³/mol. The van der Waals surface area contributed by atoms with E-state index in [0.29, 0.717) is 11.7 Å². The zero-order chi connectivity index (χ0) is 17.9. The number of aliphatic imine (C=N–C) groups is 1. The van der Waals surface area contributed by atoms with E-state index in [1.54, 1.807) is 19.3 Å². The quantitative estimate of drug-likeness (QED) is 0.431. The number of aromatic nitrogens is 1. The summed E-state index contributed by atoms with van der Waals surface area (Å²) in [5, 5.41) is 7.12. The fourth-order valence-electron chi connectivity index (χ4n) is 2.27. The third-order valence-corrected chi connectivity index (χ3v) is 3.94. The molecule has 1 atom stereocenters. The van der Waals surface area contributed by atoms with Gasteiger partial charge in [-0.3, -0.25) is 4.99 Å². The Morgan fingerprint density at radius 1 is 1.20 bits per heavy atom. The third kappa shape index (κ3) is 7.01. The van der Waals surface area contributed by atoms with Crippen LogP contribution in [0.15, 0.2) is 53.7 Å². The topological polar surface area (TPSA) is 58.5 Å². The molecule has 2 aromatic rings. The second-order valence-corrected chi connectivity index (χ2v) is 5.97. The van der Waals surface area contributed by atoms with Crippen molar-refractivity contribution in [2.45, 2.75) is 25.9 Å². The van der Waals surface area contributed by atoms with Crippen LogP contribution in [0.1, 0.15) is 18.9 Å². The Bertz CT molecular complexity index is 646. The number of nitrogens with zero attached hydrogens (tertiary/aromatic N) is 2. The minimum Gasteiger partial charge on any atom is -0.489 e. The van der Waals surface area contributed by atoms with Crippen LogP contribution in [0.5, 0.6) is 5.75 Å². The van der Waals surface area contributed by atoms with Gasteiger partial charge in [0.05, 0.1) is 6.54 Å². The van der Waals surface area contributed by atoms with Gasteiger partial charge in [0.2, 0.25) is 0 Å². The van der Waals surface area contributed by atoms with Crippen LogP contribution >= 0.6 is 11.6 Å². The van der Waals surface area contributed by atoms with E-state index in [1.807, 2.05) is 36.4 Å². The maximum Gasteiger partial charge on any atom is 0.191 e. The van der Waals surface area contributed by atoms with Gasteiger partial charge in [-0.2, -0.15) is 0 Å². The van der Waals surface area contributed by atoms with E-state index < -0.39 is 0 Å². The molecule has 0 radical (unpaired) electrons. The summed E-state index contributed by atoms with van der Waals surface area (Å²) in [6, 6.07) is 13.6. The Morgan fingerprint density at radius 3 is 2.64 bits per heavy atom. The van der Waals surface area contributed by atoms with Crippen LogP contribution in [0.3, 0.4) is 0 Å². The largest absolute Gasteiger partial charge is 0.489 e. The predicted octanol–water partition coefficient (Wildman–Crippen LogP) is 3.30. The van der Waals surface area contributed by atoms with E-state index in [-0.39, 0.29) is 6.10 Å². The first-order chi connectivity index (χ1) is 12.2. The smallest absolute Gasteiger partial charge is 0.191 e. The van der Waals surface area contributed by atoms with Crippen LogP contribution in [0, 0.1) is 0 Å². The van der Waals surface area contributed by atoms with Crippen LogP contribution < -0.4 is 15.4 Å². The maximum absolute atomic E-state index is 5.98. The number of guanidine groups is 1. The molecular weight excluding hydrogens is 336 g/mol. The number of nitrogens with one attached hydrogen (secondary N) is 2. The first kappa shape index (κ1) is 19.1. The van der Waals surface area contributed by atoms with Gasteiger partial charge in [0.25, 0.3) is 0 Å². The third-order valence-electron chi connectivity index (χ3n) is 3.72. The lowest BCUT2D eigenvalue weighted by Crippen LogP contribution is -2.43. The van der Waals surface area contributed by atoms with Gasteiger partial charge in [-0.15, -0.1) is 0 Å². The summed E-state index contributed by atoms with van der Waals surface area (Å²) in [4.78, 5) is 8.33. The molecule has 2 rings (SSSR count). The molecule has 1 unspecified atom stereocenters. The maximum atomic E-state index is 5.98. The number of hydrogen-bond donors (Lipinski definition) is 2. The molecule has 0 amide bonds. The zero-order valence-corrected chi connectivity index (χ0v) is 15.5. The second kappa shape index (κ2) is 10.6. The van der Waals surface area contributed by atoms with Crippen LogP contribution in [-0.4, -0.2) is 37.2 Å². The standard InChI is InChI=1S/C19H25ClN4O/c1-3-16(25-17-7-5-4-6-8-17)14-24-19(21-2)22-12-11-15-9-10-18(20)23-13-15/h4-10,13,16H,3,11-12,14H2,1-2H3,(H2,21,22,24). The van der Waals surface area contributed by atoms with Crippen molar-refractivity contribution in [2.75, 3.05) is 20.1 Å². The molecule has 0 bridgehead atoms. The summed E-state index contributed by atoms with van der Waals surface area (Å²) in [7, 11) is 1.76. The Labute approximate surface area is 154 Å². The van der Waals surface area contributed by atoms with Gasteiger partial charge in [0, 0.05) is 19.8 Å². The Kier molecular flexibility index (Phi) is 8.05. The van der Waals surface area contributed by atoms with E-state index in [2.05, 4.69) is 27.5 Å². The number of benzene rings is 1. The molecule has 0 aliphatic rings. The van der Waals surface area contributed by atoms with E-state index in [4.69, 9.17) is 16.3 Å². The monoisotopic (exact) mass is 360 g/mol. The summed E-state index contributed by atoms with van der Waals surface area (Å²) in [5.41, 5.74) is 1.13. The molecule has 1 aromatic heterocycles. The molecule has 0 saturated carbocycles. The average molecular weight is 361 g/mol. The summed E-state index contributed by atoms with van der Waals surface area (Å²) in [6.45, 7) is 3.56. The molecule has 0 aliphatic heterocycles. The van der Waals surface area contributed by atoms with Crippen molar-refractivity contribution in [3.63, 3.8) is 0 Å². The first-order valence-corrected chi connectivity index (χ1v) is 8.85. The molecule has 0 fully saturated rings. The van der Waals surface area contributed by atoms with Gasteiger partial charge in [-0.25, -0.2) is 4.98 Å².